The fourth-order valence-corrected chi connectivity index (χ4v) is 3.25. The molecular formula is C10H8F3NO4S. The van der Waals surface area contributed by atoms with Gasteiger partial charge in [0.25, 0.3) is 0 Å². The molecule has 0 spiro atoms. The van der Waals surface area contributed by atoms with Crippen molar-refractivity contribution in [2.45, 2.75) is 29.3 Å². The van der Waals surface area contributed by atoms with Gasteiger partial charge >= 0.3 is 12.1 Å². The zero-order valence-corrected chi connectivity index (χ0v) is 10.1. The Labute approximate surface area is 106 Å². The van der Waals surface area contributed by atoms with Crippen LogP contribution in [0.25, 0.3) is 0 Å². The number of aromatic nitrogens is 1. The van der Waals surface area contributed by atoms with Gasteiger partial charge in [0, 0.05) is 6.20 Å². The molecule has 0 aromatic carbocycles. The number of hydrogen-bond acceptors (Lipinski definition) is 4. The molecule has 0 aliphatic heterocycles. The Kier molecular flexibility index (Phi) is 3.04. The van der Waals surface area contributed by atoms with Gasteiger partial charge < -0.3 is 5.11 Å². The van der Waals surface area contributed by atoms with Crippen molar-refractivity contribution in [3.05, 3.63) is 23.4 Å². The predicted octanol–water partition coefficient (Wildman–Crippen LogP) is 1.73. The molecule has 1 saturated carbocycles. The maximum absolute atomic E-state index is 12.4. The van der Waals surface area contributed by atoms with Crippen LogP contribution in [0.2, 0.25) is 0 Å². The number of nitrogens with zero attached hydrogens (tertiary/aromatic N) is 1. The molecule has 1 aliphatic carbocycles. The van der Waals surface area contributed by atoms with Gasteiger partial charge in [-0.2, -0.15) is 13.2 Å². The van der Waals surface area contributed by atoms with Crippen LogP contribution in [0.4, 0.5) is 13.2 Å². The number of aromatic carboxylic acids is 1. The van der Waals surface area contributed by atoms with Crippen LogP contribution in [0.3, 0.4) is 0 Å². The molecule has 19 heavy (non-hydrogen) atoms. The van der Waals surface area contributed by atoms with Gasteiger partial charge in [-0.05, 0) is 18.9 Å². The van der Waals surface area contributed by atoms with Crippen molar-refractivity contribution in [1.82, 2.24) is 4.98 Å². The average molecular weight is 295 g/mol. The first-order chi connectivity index (χ1) is 8.64. The van der Waals surface area contributed by atoms with Crippen LogP contribution in [-0.4, -0.2) is 29.7 Å². The molecule has 0 amide bonds. The first-order valence-electron chi connectivity index (χ1n) is 5.18. The van der Waals surface area contributed by atoms with Crippen LogP contribution >= 0.6 is 0 Å². The molecule has 1 aromatic rings. The van der Waals surface area contributed by atoms with E-state index in [9.17, 15) is 26.4 Å². The van der Waals surface area contributed by atoms with Crippen LogP contribution in [0.15, 0.2) is 17.3 Å². The fourth-order valence-electron chi connectivity index (χ4n) is 1.52. The standard InChI is InChI=1S/C10H8F3NO4S/c11-10(12,13)5-3-7(9(15)16)8(14-4-5)19(17,18)6-1-2-6/h3-4,6H,1-2H2,(H,15,16). The van der Waals surface area contributed by atoms with Crippen LogP contribution in [0, 0.1) is 0 Å². The molecule has 5 nitrogen and oxygen atoms in total. The van der Waals surface area contributed by atoms with Crippen LogP contribution < -0.4 is 0 Å². The van der Waals surface area contributed by atoms with Crippen LogP contribution in [-0.2, 0) is 16.0 Å². The molecule has 9 heteroatoms. The number of carboxylic acid groups (broad SMARTS) is 1. The molecule has 0 saturated heterocycles. The van der Waals surface area contributed by atoms with Crippen molar-refractivity contribution < 1.29 is 31.5 Å². The van der Waals surface area contributed by atoms with Gasteiger partial charge in [0.15, 0.2) is 14.9 Å². The molecule has 104 valence electrons. The lowest BCUT2D eigenvalue weighted by Crippen LogP contribution is -2.17. The molecule has 1 heterocycles. The zero-order valence-electron chi connectivity index (χ0n) is 9.31. The average Bonchev–Trinajstić information content (AvgIpc) is 3.10. The molecule has 0 bridgehead atoms. The lowest BCUT2D eigenvalue weighted by molar-refractivity contribution is -0.137. The summed E-state index contributed by atoms with van der Waals surface area (Å²) in [6, 6.07) is 0.296. The van der Waals surface area contributed by atoms with Crippen molar-refractivity contribution in [3.63, 3.8) is 0 Å². The minimum Gasteiger partial charge on any atom is -0.478 e. The van der Waals surface area contributed by atoms with Gasteiger partial charge in [-0.1, -0.05) is 0 Å². The summed E-state index contributed by atoms with van der Waals surface area (Å²) < 4.78 is 61.1. The monoisotopic (exact) mass is 295 g/mol. The lowest BCUT2D eigenvalue weighted by Gasteiger charge is -2.10. The van der Waals surface area contributed by atoms with Crippen molar-refractivity contribution in [3.8, 4) is 0 Å². The second-order valence-corrected chi connectivity index (χ2v) is 6.27. The van der Waals surface area contributed by atoms with Crippen LogP contribution in [0.5, 0.6) is 0 Å². The molecule has 1 N–H and O–H groups in total. The van der Waals surface area contributed by atoms with E-state index in [1.54, 1.807) is 0 Å². The quantitative estimate of drug-likeness (QED) is 0.918. The normalized spacial score (nSPS) is 16.4. The highest BCUT2D eigenvalue weighted by atomic mass is 32.2. The predicted molar refractivity (Wildman–Crippen MR) is 56.4 cm³/mol. The first-order valence-corrected chi connectivity index (χ1v) is 6.73. The number of sulfone groups is 1. The maximum atomic E-state index is 12.4. The number of alkyl halides is 3. The molecule has 1 fully saturated rings. The number of carboxylic acids is 1. The zero-order chi connectivity index (χ0) is 14.4. The molecule has 1 aliphatic rings. The first kappa shape index (κ1) is 13.8. The highest BCUT2D eigenvalue weighted by Gasteiger charge is 2.41. The Morgan fingerprint density at radius 3 is 2.37 bits per heavy atom. The number of halogens is 3. The molecule has 0 unspecified atom stereocenters. The van der Waals surface area contributed by atoms with Crippen molar-refractivity contribution in [1.29, 1.82) is 0 Å². The molecular weight excluding hydrogens is 287 g/mol. The van der Waals surface area contributed by atoms with E-state index < -0.39 is 43.4 Å². The number of rotatable bonds is 3. The van der Waals surface area contributed by atoms with E-state index in [4.69, 9.17) is 5.11 Å². The summed E-state index contributed by atoms with van der Waals surface area (Å²) >= 11 is 0. The fraction of sp³-hybridized carbons (Fsp3) is 0.400. The van der Waals surface area contributed by atoms with E-state index in [1.165, 1.54) is 0 Å². The number of pyridine rings is 1. The third kappa shape index (κ3) is 2.55. The van der Waals surface area contributed by atoms with E-state index in [0.29, 0.717) is 25.1 Å². The minimum atomic E-state index is -4.78. The van der Waals surface area contributed by atoms with Crippen molar-refractivity contribution in [2.75, 3.05) is 0 Å². The number of hydrogen-bond donors (Lipinski definition) is 1. The van der Waals surface area contributed by atoms with Gasteiger partial charge in [-0.25, -0.2) is 18.2 Å². The third-order valence-electron chi connectivity index (χ3n) is 2.64. The lowest BCUT2D eigenvalue weighted by atomic mass is 10.2. The summed E-state index contributed by atoms with van der Waals surface area (Å²) in [6.45, 7) is 0. The number of carbonyl (C=O) groups is 1. The summed E-state index contributed by atoms with van der Waals surface area (Å²) in [6.07, 6.45) is -3.71. The maximum Gasteiger partial charge on any atom is 0.417 e. The Morgan fingerprint density at radius 2 is 1.95 bits per heavy atom. The molecule has 2 rings (SSSR count). The highest BCUT2D eigenvalue weighted by Crippen LogP contribution is 2.36. The summed E-state index contributed by atoms with van der Waals surface area (Å²) in [5.41, 5.74) is -2.23. The van der Waals surface area contributed by atoms with Gasteiger partial charge in [0.2, 0.25) is 0 Å². The highest BCUT2D eigenvalue weighted by molar-refractivity contribution is 7.92. The minimum absolute atomic E-state index is 0.296. The van der Waals surface area contributed by atoms with Gasteiger partial charge in [-0.15, -0.1) is 0 Å². The summed E-state index contributed by atoms with van der Waals surface area (Å²) in [5.74, 6) is -1.75. The Bertz CT molecular complexity index is 635. The third-order valence-corrected chi connectivity index (χ3v) is 4.85. The second-order valence-electron chi connectivity index (χ2n) is 4.12. The Morgan fingerprint density at radius 1 is 1.37 bits per heavy atom. The summed E-state index contributed by atoms with van der Waals surface area (Å²) in [5, 5.41) is 7.31. The molecule has 0 atom stereocenters. The smallest absolute Gasteiger partial charge is 0.417 e. The SMILES string of the molecule is O=C(O)c1cc(C(F)(F)F)cnc1S(=O)(=O)C1CC1. The van der Waals surface area contributed by atoms with E-state index >= 15 is 0 Å². The van der Waals surface area contributed by atoms with E-state index in [-0.39, 0.29) is 0 Å². The van der Waals surface area contributed by atoms with Gasteiger partial charge in [0.1, 0.15) is 0 Å². The van der Waals surface area contributed by atoms with Crippen molar-refractivity contribution >= 4 is 15.8 Å². The van der Waals surface area contributed by atoms with Gasteiger partial charge in [-0.3, -0.25) is 0 Å². The van der Waals surface area contributed by atoms with E-state index in [2.05, 4.69) is 4.98 Å². The molecule has 1 aromatic heterocycles. The Balaban J connectivity index is 2.60. The summed E-state index contributed by atoms with van der Waals surface area (Å²) in [4.78, 5) is 14.1. The Hall–Kier alpha value is -1.64. The van der Waals surface area contributed by atoms with Gasteiger partial charge in [0.05, 0.1) is 16.4 Å². The summed E-state index contributed by atoms with van der Waals surface area (Å²) in [7, 11) is -3.96. The second kappa shape index (κ2) is 4.19. The topological polar surface area (TPSA) is 84.3 Å². The van der Waals surface area contributed by atoms with E-state index in [0.717, 1.165) is 0 Å². The van der Waals surface area contributed by atoms with E-state index in [1.807, 2.05) is 0 Å². The molecule has 0 radical (unpaired) electrons. The van der Waals surface area contributed by atoms with Crippen LogP contribution in [0.1, 0.15) is 28.8 Å². The van der Waals surface area contributed by atoms with Crippen molar-refractivity contribution in [2.24, 2.45) is 0 Å². The largest absolute Gasteiger partial charge is 0.478 e.